The number of thioether (sulfide) groups is 1. The van der Waals surface area contributed by atoms with E-state index in [4.69, 9.17) is 0 Å². The summed E-state index contributed by atoms with van der Waals surface area (Å²) in [5, 5.41) is 0.0476. The Bertz CT molecular complexity index is 577. The van der Waals surface area contributed by atoms with Crippen molar-refractivity contribution in [1.29, 1.82) is 0 Å². The third kappa shape index (κ3) is 2.80. The number of rotatable bonds is 4. The van der Waals surface area contributed by atoms with Gasteiger partial charge in [-0.3, -0.25) is 4.72 Å². The second-order valence-electron chi connectivity index (χ2n) is 3.25. The highest BCUT2D eigenvalue weighted by Gasteiger charge is 2.15. The van der Waals surface area contributed by atoms with Crippen LogP contribution in [-0.4, -0.2) is 24.6 Å². The van der Waals surface area contributed by atoms with Crippen molar-refractivity contribution >= 4 is 27.5 Å². The molecule has 0 saturated heterocycles. The van der Waals surface area contributed by atoms with E-state index >= 15 is 0 Å². The number of nitrogens with one attached hydrogen (secondary N) is 2. The predicted molar refractivity (Wildman–Crippen MR) is 67.6 cm³/mol. The number of benzene rings is 1. The molecule has 0 aliphatic carbocycles. The van der Waals surface area contributed by atoms with Crippen LogP contribution in [0.25, 0.3) is 0 Å². The highest BCUT2D eigenvalue weighted by molar-refractivity contribution is 7.98. The Kier molecular flexibility index (Phi) is 3.39. The SMILES string of the molecule is CSc1ccc(NS(=O)(=O)c2cnc[nH]2)cc1. The van der Waals surface area contributed by atoms with Crippen LogP contribution in [0.3, 0.4) is 0 Å². The average Bonchev–Trinajstić information content (AvgIpc) is 2.84. The van der Waals surface area contributed by atoms with Crippen LogP contribution in [0, 0.1) is 0 Å². The number of hydrogen-bond donors (Lipinski definition) is 2. The van der Waals surface area contributed by atoms with Crippen LogP contribution in [0.1, 0.15) is 0 Å². The summed E-state index contributed by atoms with van der Waals surface area (Å²) in [6.45, 7) is 0. The van der Waals surface area contributed by atoms with Crippen molar-refractivity contribution in [2.45, 2.75) is 9.92 Å². The van der Waals surface area contributed by atoms with Gasteiger partial charge in [-0.2, -0.15) is 8.42 Å². The van der Waals surface area contributed by atoms with Crippen LogP contribution < -0.4 is 4.72 Å². The number of sulfonamides is 1. The number of H-pyrrole nitrogens is 1. The largest absolute Gasteiger partial charge is 0.334 e. The van der Waals surface area contributed by atoms with E-state index in [-0.39, 0.29) is 5.03 Å². The van der Waals surface area contributed by atoms with E-state index in [1.807, 2.05) is 18.4 Å². The third-order valence-electron chi connectivity index (χ3n) is 2.10. The van der Waals surface area contributed by atoms with E-state index in [1.165, 1.54) is 12.5 Å². The lowest BCUT2D eigenvalue weighted by Crippen LogP contribution is -2.13. The lowest BCUT2D eigenvalue weighted by atomic mass is 10.3. The summed E-state index contributed by atoms with van der Waals surface area (Å²) in [4.78, 5) is 7.31. The highest BCUT2D eigenvalue weighted by atomic mass is 32.2. The van der Waals surface area contributed by atoms with E-state index in [0.717, 1.165) is 4.90 Å². The first-order chi connectivity index (χ1) is 8.12. The van der Waals surface area contributed by atoms with Gasteiger partial charge in [0.05, 0.1) is 12.5 Å². The molecule has 0 atom stereocenters. The summed E-state index contributed by atoms with van der Waals surface area (Å²) >= 11 is 1.60. The van der Waals surface area contributed by atoms with E-state index in [2.05, 4.69) is 14.7 Å². The van der Waals surface area contributed by atoms with Crippen LogP contribution in [0.15, 0.2) is 46.7 Å². The van der Waals surface area contributed by atoms with Crippen LogP contribution in [-0.2, 0) is 10.0 Å². The Balaban J connectivity index is 2.21. The van der Waals surface area contributed by atoms with Gasteiger partial charge in [-0.15, -0.1) is 11.8 Å². The van der Waals surface area contributed by atoms with Gasteiger partial charge in [-0.05, 0) is 30.5 Å². The Labute approximate surface area is 104 Å². The Morgan fingerprint density at radius 2 is 2.00 bits per heavy atom. The zero-order valence-electron chi connectivity index (χ0n) is 9.04. The smallest absolute Gasteiger partial charge is 0.278 e. The number of aromatic nitrogens is 2. The van der Waals surface area contributed by atoms with Gasteiger partial charge in [0.15, 0.2) is 5.03 Å². The van der Waals surface area contributed by atoms with Gasteiger partial charge in [0.2, 0.25) is 0 Å². The summed E-state index contributed by atoms with van der Waals surface area (Å²) < 4.78 is 26.1. The Morgan fingerprint density at radius 1 is 1.29 bits per heavy atom. The van der Waals surface area contributed by atoms with E-state index < -0.39 is 10.0 Å². The van der Waals surface area contributed by atoms with Crippen LogP contribution in [0.5, 0.6) is 0 Å². The number of imidazole rings is 1. The Hall–Kier alpha value is -1.47. The summed E-state index contributed by atoms with van der Waals surface area (Å²) in [6.07, 6.45) is 4.55. The molecule has 0 unspecified atom stereocenters. The van der Waals surface area contributed by atoms with Gasteiger partial charge >= 0.3 is 0 Å². The van der Waals surface area contributed by atoms with Crippen molar-refractivity contribution in [3.63, 3.8) is 0 Å². The zero-order valence-corrected chi connectivity index (χ0v) is 10.7. The van der Waals surface area contributed by atoms with E-state index in [0.29, 0.717) is 5.69 Å². The lowest BCUT2D eigenvalue weighted by Gasteiger charge is -2.06. The molecule has 0 radical (unpaired) electrons. The topological polar surface area (TPSA) is 74.8 Å². The quantitative estimate of drug-likeness (QED) is 0.832. The van der Waals surface area contributed by atoms with Gasteiger partial charge in [0, 0.05) is 10.6 Å². The monoisotopic (exact) mass is 269 g/mol. The molecule has 0 aliphatic heterocycles. The molecular formula is C10H11N3O2S2. The molecule has 2 N–H and O–H groups in total. The standard InChI is InChI=1S/C10H11N3O2S2/c1-16-9-4-2-8(3-5-9)13-17(14,15)10-6-11-7-12-10/h2-7,13H,1H3,(H,11,12). The summed E-state index contributed by atoms with van der Waals surface area (Å²) in [5.74, 6) is 0. The molecule has 0 aliphatic rings. The molecule has 0 amide bonds. The fourth-order valence-corrected chi connectivity index (χ4v) is 2.63. The minimum absolute atomic E-state index is 0.0476. The van der Waals surface area contributed by atoms with Gasteiger partial charge < -0.3 is 4.98 Å². The van der Waals surface area contributed by atoms with Crippen molar-refractivity contribution in [3.05, 3.63) is 36.8 Å². The van der Waals surface area contributed by atoms with Gasteiger partial charge in [-0.25, -0.2) is 4.98 Å². The van der Waals surface area contributed by atoms with Crippen LogP contribution in [0.2, 0.25) is 0 Å². The molecule has 5 nitrogen and oxygen atoms in total. The highest BCUT2D eigenvalue weighted by Crippen LogP contribution is 2.19. The fourth-order valence-electron chi connectivity index (χ4n) is 1.26. The van der Waals surface area contributed by atoms with E-state index in [9.17, 15) is 8.42 Å². The molecule has 0 saturated carbocycles. The molecule has 1 heterocycles. The number of anilines is 1. The molecule has 0 bridgehead atoms. The second-order valence-corrected chi connectivity index (χ2v) is 5.78. The van der Waals surface area contributed by atoms with Crippen molar-refractivity contribution in [1.82, 2.24) is 9.97 Å². The number of nitrogens with zero attached hydrogens (tertiary/aromatic N) is 1. The Morgan fingerprint density at radius 3 is 2.53 bits per heavy atom. The van der Waals surface area contributed by atoms with Crippen molar-refractivity contribution in [2.75, 3.05) is 11.0 Å². The molecular weight excluding hydrogens is 258 g/mol. The molecule has 7 heteroatoms. The number of hydrogen-bond acceptors (Lipinski definition) is 4. The van der Waals surface area contributed by atoms with Crippen LogP contribution in [0.4, 0.5) is 5.69 Å². The second kappa shape index (κ2) is 4.80. The third-order valence-corrected chi connectivity index (χ3v) is 4.16. The summed E-state index contributed by atoms with van der Waals surface area (Å²) in [6, 6.07) is 7.16. The van der Waals surface area contributed by atoms with Crippen molar-refractivity contribution in [2.24, 2.45) is 0 Å². The van der Waals surface area contributed by atoms with Gasteiger partial charge in [0.1, 0.15) is 0 Å². The molecule has 17 heavy (non-hydrogen) atoms. The van der Waals surface area contributed by atoms with Crippen molar-refractivity contribution < 1.29 is 8.42 Å². The molecule has 90 valence electrons. The minimum atomic E-state index is -3.56. The normalized spacial score (nSPS) is 11.4. The van der Waals surface area contributed by atoms with E-state index in [1.54, 1.807) is 23.9 Å². The first-order valence-electron chi connectivity index (χ1n) is 4.77. The molecule has 1 aromatic heterocycles. The maximum Gasteiger partial charge on any atom is 0.278 e. The summed E-state index contributed by atoms with van der Waals surface area (Å²) in [5.41, 5.74) is 0.525. The average molecular weight is 269 g/mol. The molecule has 2 aromatic rings. The lowest BCUT2D eigenvalue weighted by molar-refractivity contribution is 0.598. The molecule has 1 aromatic carbocycles. The first kappa shape index (κ1) is 12.0. The molecule has 0 fully saturated rings. The summed E-state index contributed by atoms with van der Waals surface area (Å²) in [7, 11) is -3.56. The maximum absolute atomic E-state index is 11.8. The van der Waals surface area contributed by atoms with Gasteiger partial charge in [-0.1, -0.05) is 0 Å². The molecule has 2 rings (SSSR count). The predicted octanol–water partition coefficient (Wildman–Crippen LogP) is 1.93. The first-order valence-corrected chi connectivity index (χ1v) is 7.48. The van der Waals surface area contributed by atoms with Crippen molar-refractivity contribution in [3.8, 4) is 0 Å². The fraction of sp³-hybridized carbons (Fsp3) is 0.100. The number of aromatic amines is 1. The van der Waals surface area contributed by atoms with Gasteiger partial charge in [0.25, 0.3) is 10.0 Å². The minimum Gasteiger partial charge on any atom is -0.334 e. The van der Waals surface area contributed by atoms with Crippen LogP contribution >= 0.6 is 11.8 Å². The zero-order chi connectivity index (χ0) is 12.3. The maximum atomic E-state index is 11.8. The molecule has 0 spiro atoms.